The molecule has 1 rings (SSSR count). The predicted octanol–water partition coefficient (Wildman–Crippen LogP) is -0.0802. The fourth-order valence-corrected chi connectivity index (χ4v) is 1.24. The summed E-state index contributed by atoms with van der Waals surface area (Å²) in [5.74, 6) is 1.89. The van der Waals surface area contributed by atoms with Crippen LogP contribution in [-0.4, -0.2) is 17.0 Å². The molecule has 0 aliphatic carbocycles. The zero-order chi connectivity index (χ0) is 11.3. The van der Waals surface area contributed by atoms with E-state index in [1.807, 2.05) is 11.5 Å². The molecule has 0 saturated carbocycles. The summed E-state index contributed by atoms with van der Waals surface area (Å²) in [4.78, 5) is 21.9. The monoisotopic (exact) mass is 208 g/mol. The van der Waals surface area contributed by atoms with Gasteiger partial charge in [0.25, 0.3) is 0 Å². The van der Waals surface area contributed by atoms with Crippen LogP contribution in [0, 0.1) is 5.92 Å². The van der Waals surface area contributed by atoms with Crippen molar-refractivity contribution in [3.8, 4) is 0 Å². The Kier molecular flexibility index (Phi) is 3.82. The van der Waals surface area contributed by atoms with Gasteiger partial charge in [-0.1, -0.05) is 30.3 Å². The molecule has 1 atom stereocenters. The molecule has 0 aliphatic heterocycles. The molecule has 0 radical (unpaired) electrons. The lowest BCUT2D eigenvalue weighted by molar-refractivity contribution is -0.146. The smallest absolute Gasteiger partial charge is 0.316 e. The summed E-state index contributed by atoms with van der Waals surface area (Å²) >= 11 is 0. The van der Waals surface area contributed by atoms with Crippen LogP contribution in [0.4, 0.5) is 0 Å². The highest BCUT2D eigenvalue weighted by Gasteiger charge is 2.25. The Morgan fingerprint density at radius 2 is 1.93 bits per heavy atom. The molecule has 0 spiro atoms. The lowest BCUT2D eigenvalue weighted by Crippen LogP contribution is -2.40. The number of carboxylic acid groups (broad SMARTS) is 1. The van der Waals surface area contributed by atoms with Crippen molar-refractivity contribution in [1.82, 2.24) is 5.43 Å². The van der Waals surface area contributed by atoms with E-state index in [2.05, 4.69) is 0 Å². The van der Waals surface area contributed by atoms with Crippen molar-refractivity contribution in [3.05, 3.63) is 35.9 Å². The third kappa shape index (κ3) is 3.07. The van der Waals surface area contributed by atoms with Crippen LogP contribution in [0.15, 0.2) is 30.3 Å². The van der Waals surface area contributed by atoms with Gasteiger partial charge < -0.3 is 5.11 Å². The van der Waals surface area contributed by atoms with Gasteiger partial charge >= 0.3 is 5.97 Å². The zero-order valence-electron chi connectivity index (χ0n) is 8.01. The number of amides is 1. The highest BCUT2D eigenvalue weighted by Crippen LogP contribution is 2.08. The maximum absolute atomic E-state index is 11.1. The van der Waals surface area contributed by atoms with Crippen molar-refractivity contribution >= 4 is 11.9 Å². The summed E-state index contributed by atoms with van der Waals surface area (Å²) in [5, 5.41) is 8.82. The van der Waals surface area contributed by atoms with E-state index < -0.39 is 17.8 Å². The number of rotatable bonds is 4. The highest BCUT2D eigenvalue weighted by atomic mass is 16.4. The van der Waals surface area contributed by atoms with E-state index in [9.17, 15) is 9.59 Å². The van der Waals surface area contributed by atoms with Gasteiger partial charge in [-0.15, -0.1) is 0 Å². The van der Waals surface area contributed by atoms with Crippen molar-refractivity contribution in [3.63, 3.8) is 0 Å². The SMILES string of the molecule is NNC(=O)C(Cc1ccccc1)C(=O)O. The van der Waals surface area contributed by atoms with Crippen LogP contribution >= 0.6 is 0 Å². The minimum Gasteiger partial charge on any atom is -0.481 e. The molecule has 4 N–H and O–H groups in total. The highest BCUT2D eigenvalue weighted by molar-refractivity contribution is 5.96. The molecular weight excluding hydrogens is 196 g/mol. The van der Waals surface area contributed by atoms with Gasteiger partial charge in [0.2, 0.25) is 5.91 Å². The molecule has 0 bridgehead atoms. The lowest BCUT2D eigenvalue weighted by atomic mass is 9.99. The van der Waals surface area contributed by atoms with Crippen LogP contribution in [0.2, 0.25) is 0 Å². The van der Waals surface area contributed by atoms with Gasteiger partial charge in [0.15, 0.2) is 0 Å². The van der Waals surface area contributed by atoms with Crippen LogP contribution in [0.25, 0.3) is 0 Å². The summed E-state index contributed by atoms with van der Waals surface area (Å²) in [5.41, 5.74) is 2.63. The third-order valence-corrected chi connectivity index (χ3v) is 2.04. The molecule has 1 aromatic rings. The predicted molar refractivity (Wildman–Crippen MR) is 53.6 cm³/mol. The Hall–Kier alpha value is -1.88. The molecule has 0 aliphatic rings. The molecular formula is C10H12N2O3. The number of carbonyl (C=O) groups excluding carboxylic acids is 1. The topological polar surface area (TPSA) is 92.4 Å². The summed E-state index contributed by atoms with van der Waals surface area (Å²) in [6, 6.07) is 8.92. The Labute approximate surface area is 86.9 Å². The normalized spacial score (nSPS) is 11.8. The van der Waals surface area contributed by atoms with Gasteiger partial charge in [0.1, 0.15) is 5.92 Å². The number of hydrogen-bond donors (Lipinski definition) is 3. The molecule has 1 amide bonds. The zero-order valence-corrected chi connectivity index (χ0v) is 8.01. The van der Waals surface area contributed by atoms with E-state index in [0.29, 0.717) is 0 Å². The number of hydrogen-bond acceptors (Lipinski definition) is 3. The maximum atomic E-state index is 11.1. The number of benzene rings is 1. The standard InChI is InChI=1S/C10H12N2O3/c11-12-9(13)8(10(14)15)6-7-4-2-1-3-5-7/h1-5,8H,6,11H2,(H,12,13)(H,14,15). The Morgan fingerprint density at radius 1 is 1.33 bits per heavy atom. The fourth-order valence-electron chi connectivity index (χ4n) is 1.24. The molecule has 5 heteroatoms. The van der Waals surface area contributed by atoms with Gasteiger partial charge in [0.05, 0.1) is 0 Å². The molecule has 0 saturated heterocycles. The average molecular weight is 208 g/mol. The number of nitrogens with two attached hydrogens (primary N) is 1. The van der Waals surface area contributed by atoms with E-state index in [-0.39, 0.29) is 6.42 Å². The van der Waals surface area contributed by atoms with Gasteiger partial charge in [-0.05, 0) is 12.0 Å². The van der Waals surface area contributed by atoms with E-state index in [4.69, 9.17) is 10.9 Å². The Morgan fingerprint density at radius 3 is 2.40 bits per heavy atom. The molecule has 0 fully saturated rings. The second kappa shape index (κ2) is 5.11. The first kappa shape index (κ1) is 11.2. The number of carbonyl (C=O) groups is 2. The lowest BCUT2D eigenvalue weighted by Gasteiger charge is -2.10. The van der Waals surface area contributed by atoms with Crippen molar-refractivity contribution in [2.75, 3.05) is 0 Å². The summed E-state index contributed by atoms with van der Waals surface area (Å²) < 4.78 is 0. The summed E-state index contributed by atoms with van der Waals surface area (Å²) in [6.07, 6.45) is 0.138. The number of aliphatic carboxylic acids is 1. The van der Waals surface area contributed by atoms with Gasteiger partial charge in [0, 0.05) is 0 Å². The fraction of sp³-hybridized carbons (Fsp3) is 0.200. The number of hydrazine groups is 1. The van der Waals surface area contributed by atoms with Crippen LogP contribution in [0.5, 0.6) is 0 Å². The molecule has 80 valence electrons. The molecule has 0 aromatic heterocycles. The largest absolute Gasteiger partial charge is 0.481 e. The molecule has 15 heavy (non-hydrogen) atoms. The first-order valence-corrected chi connectivity index (χ1v) is 4.42. The molecule has 1 aromatic carbocycles. The van der Waals surface area contributed by atoms with Crippen molar-refractivity contribution in [1.29, 1.82) is 0 Å². The van der Waals surface area contributed by atoms with Crippen molar-refractivity contribution < 1.29 is 14.7 Å². The molecule has 0 heterocycles. The first-order chi connectivity index (χ1) is 7.15. The summed E-state index contributed by atoms with van der Waals surface area (Å²) in [7, 11) is 0. The molecule has 5 nitrogen and oxygen atoms in total. The summed E-state index contributed by atoms with van der Waals surface area (Å²) in [6.45, 7) is 0. The van der Waals surface area contributed by atoms with Crippen LogP contribution in [0.1, 0.15) is 5.56 Å². The van der Waals surface area contributed by atoms with Crippen molar-refractivity contribution in [2.45, 2.75) is 6.42 Å². The Balaban J connectivity index is 2.76. The quantitative estimate of drug-likeness (QED) is 0.279. The second-order valence-electron chi connectivity index (χ2n) is 3.09. The minimum absolute atomic E-state index is 0.138. The maximum Gasteiger partial charge on any atom is 0.316 e. The van der Waals surface area contributed by atoms with E-state index in [1.54, 1.807) is 24.3 Å². The van der Waals surface area contributed by atoms with Gasteiger partial charge in [-0.25, -0.2) is 5.84 Å². The average Bonchev–Trinajstić information content (AvgIpc) is 2.26. The second-order valence-corrected chi connectivity index (χ2v) is 3.09. The van der Waals surface area contributed by atoms with Crippen molar-refractivity contribution in [2.24, 2.45) is 11.8 Å². The Bertz CT molecular complexity index is 351. The number of carboxylic acids is 1. The van der Waals surface area contributed by atoms with E-state index >= 15 is 0 Å². The van der Waals surface area contributed by atoms with Gasteiger partial charge in [-0.3, -0.25) is 15.0 Å². The van der Waals surface area contributed by atoms with Crippen LogP contribution in [-0.2, 0) is 16.0 Å². The van der Waals surface area contributed by atoms with E-state index in [0.717, 1.165) is 5.56 Å². The first-order valence-electron chi connectivity index (χ1n) is 4.42. The van der Waals surface area contributed by atoms with Crippen LogP contribution < -0.4 is 11.3 Å². The minimum atomic E-state index is -1.18. The van der Waals surface area contributed by atoms with E-state index in [1.165, 1.54) is 0 Å². The number of nitrogens with one attached hydrogen (secondary N) is 1. The van der Waals surface area contributed by atoms with Gasteiger partial charge in [-0.2, -0.15) is 0 Å². The third-order valence-electron chi connectivity index (χ3n) is 2.04. The van der Waals surface area contributed by atoms with Crippen LogP contribution in [0.3, 0.4) is 0 Å². The molecule has 1 unspecified atom stereocenters.